The van der Waals surface area contributed by atoms with Crippen molar-refractivity contribution in [2.75, 3.05) is 26.9 Å². The molecule has 2 aromatic carbocycles. The van der Waals surface area contributed by atoms with Crippen LogP contribution in [0, 0.1) is 0 Å². The molecule has 0 saturated heterocycles. The molecular formula is C23H22O7. The molecule has 0 saturated carbocycles. The highest BCUT2D eigenvalue weighted by Crippen LogP contribution is 2.35. The highest BCUT2D eigenvalue weighted by atomic mass is 16.6. The van der Waals surface area contributed by atoms with Crippen molar-refractivity contribution in [1.29, 1.82) is 0 Å². The predicted molar refractivity (Wildman–Crippen MR) is 111 cm³/mol. The number of ether oxygens (including phenoxy) is 4. The molecule has 2 heterocycles. The first-order chi connectivity index (χ1) is 14.5. The zero-order chi connectivity index (χ0) is 21.3. The van der Waals surface area contributed by atoms with Crippen LogP contribution in [-0.2, 0) is 9.53 Å². The van der Waals surface area contributed by atoms with E-state index in [1.165, 1.54) is 13.4 Å². The summed E-state index contributed by atoms with van der Waals surface area (Å²) in [5.74, 6) is 1.33. The van der Waals surface area contributed by atoms with Crippen molar-refractivity contribution >= 4 is 16.9 Å². The molecular weight excluding hydrogens is 388 g/mol. The van der Waals surface area contributed by atoms with Gasteiger partial charge in [-0.15, -0.1) is 0 Å². The standard InChI is InChI=1S/C23H22O7/c1-13(2)15-9-16-20(10-19(15)30-12-22(24)26-3)29-11-17(23(16)25)14-4-5-18-21(8-14)28-7-6-27-18/h4-5,8-11,13H,6-7,12H2,1-3H3. The Balaban J connectivity index is 1.78. The summed E-state index contributed by atoms with van der Waals surface area (Å²) in [5.41, 5.74) is 2.14. The third-order valence-electron chi connectivity index (χ3n) is 4.95. The summed E-state index contributed by atoms with van der Waals surface area (Å²) in [5, 5.41) is 0.441. The van der Waals surface area contributed by atoms with E-state index in [1.54, 1.807) is 24.3 Å². The van der Waals surface area contributed by atoms with Crippen LogP contribution < -0.4 is 19.6 Å². The van der Waals surface area contributed by atoms with E-state index in [-0.39, 0.29) is 18.0 Å². The first-order valence-corrected chi connectivity index (χ1v) is 9.67. The van der Waals surface area contributed by atoms with Gasteiger partial charge in [0.2, 0.25) is 5.43 Å². The van der Waals surface area contributed by atoms with Crippen LogP contribution in [0.1, 0.15) is 25.3 Å². The molecule has 0 spiro atoms. The van der Waals surface area contributed by atoms with Gasteiger partial charge in [-0.05, 0) is 35.2 Å². The van der Waals surface area contributed by atoms with Gasteiger partial charge >= 0.3 is 5.97 Å². The SMILES string of the molecule is COC(=O)COc1cc2occ(-c3ccc4c(c3)OCCO4)c(=O)c2cc1C(C)C. The lowest BCUT2D eigenvalue weighted by Gasteiger charge is -2.19. The number of rotatable bonds is 5. The fraction of sp³-hybridized carbons (Fsp3) is 0.304. The maximum atomic E-state index is 13.2. The normalized spacial score (nSPS) is 12.8. The van der Waals surface area contributed by atoms with Crippen LogP contribution in [0.25, 0.3) is 22.1 Å². The van der Waals surface area contributed by atoms with E-state index in [2.05, 4.69) is 4.74 Å². The maximum Gasteiger partial charge on any atom is 0.343 e. The van der Waals surface area contributed by atoms with Gasteiger partial charge in [-0.25, -0.2) is 4.79 Å². The quantitative estimate of drug-likeness (QED) is 0.590. The molecule has 30 heavy (non-hydrogen) atoms. The lowest BCUT2D eigenvalue weighted by atomic mass is 9.98. The van der Waals surface area contributed by atoms with E-state index in [9.17, 15) is 9.59 Å². The molecule has 156 valence electrons. The van der Waals surface area contributed by atoms with Crippen molar-refractivity contribution in [1.82, 2.24) is 0 Å². The molecule has 3 aromatic rings. The number of esters is 1. The van der Waals surface area contributed by atoms with E-state index < -0.39 is 5.97 Å². The second kappa shape index (κ2) is 8.10. The van der Waals surface area contributed by atoms with E-state index in [0.29, 0.717) is 52.6 Å². The average Bonchev–Trinajstić information content (AvgIpc) is 2.76. The second-order valence-electron chi connectivity index (χ2n) is 7.24. The molecule has 0 amide bonds. The van der Waals surface area contributed by atoms with Crippen molar-refractivity contribution in [3.63, 3.8) is 0 Å². The molecule has 0 unspecified atom stereocenters. The van der Waals surface area contributed by atoms with Gasteiger partial charge in [0.1, 0.15) is 30.8 Å². The monoisotopic (exact) mass is 410 g/mol. The lowest BCUT2D eigenvalue weighted by molar-refractivity contribution is -0.142. The minimum absolute atomic E-state index is 0.0689. The molecule has 1 aliphatic heterocycles. The third kappa shape index (κ3) is 3.70. The molecule has 7 nitrogen and oxygen atoms in total. The zero-order valence-corrected chi connectivity index (χ0v) is 17.0. The van der Waals surface area contributed by atoms with Crippen molar-refractivity contribution < 1.29 is 28.2 Å². The second-order valence-corrected chi connectivity index (χ2v) is 7.24. The molecule has 4 rings (SSSR count). The van der Waals surface area contributed by atoms with Crippen LogP contribution in [0.2, 0.25) is 0 Å². The number of carbonyl (C=O) groups excluding carboxylic acids is 1. The van der Waals surface area contributed by atoms with Crippen LogP contribution in [0.15, 0.2) is 45.8 Å². The molecule has 0 fully saturated rings. The van der Waals surface area contributed by atoms with Crippen LogP contribution in [0.3, 0.4) is 0 Å². The number of methoxy groups -OCH3 is 1. The first kappa shape index (κ1) is 19.8. The molecule has 1 aromatic heterocycles. The molecule has 0 aliphatic carbocycles. The topological polar surface area (TPSA) is 84.2 Å². The van der Waals surface area contributed by atoms with Crippen LogP contribution in [0.5, 0.6) is 17.2 Å². The average molecular weight is 410 g/mol. The van der Waals surface area contributed by atoms with Gasteiger partial charge in [0.15, 0.2) is 18.1 Å². The van der Waals surface area contributed by atoms with Crippen LogP contribution >= 0.6 is 0 Å². The maximum absolute atomic E-state index is 13.2. The van der Waals surface area contributed by atoms with Crippen molar-refractivity contribution in [2.24, 2.45) is 0 Å². The highest BCUT2D eigenvalue weighted by Gasteiger charge is 2.18. The number of carbonyl (C=O) groups is 1. The Morgan fingerprint density at radius 2 is 1.87 bits per heavy atom. The zero-order valence-electron chi connectivity index (χ0n) is 17.0. The lowest BCUT2D eigenvalue weighted by Crippen LogP contribution is -2.15. The summed E-state index contributed by atoms with van der Waals surface area (Å²) < 4.78 is 27.2. The summed E-state index contributed by atoms with van der Waals surface area (Å²) in [6, 6.07) is 8.78. The molecule has 0 N–H and O–H groups in total. The van der Waals surface area contributed by atoms with Gasteiger partial charge in [0.05, 0.1) is 18.1 Å². The van der Waals surface area contributed by atoms with Gasteiger partial charge in [0.25, 0.3) is 0 Å². The molecule has 0 bridgehead atoms. The smallest absolute Gasteiger partial charge is 0.343 e. The molecule has 7 heteroatoms. The fourth-order valence-electron chi connectivity index (χ4n) is 3.36. The van der Waals surface area contributed by atoms with Gasteiger partial charge in [-0.2, -0.15) is 0 Å². The van der Waals surface area contributed by atoms with Crippen LogP contribution in [0.4, 0.5) is 0 Å². The Labute approximate surface area is 173 Å². The summed E-state index contributed by atoms with van der Waals surface area (Å²) in [6.07, 6.45) is 1.43. The van der Waals surface area contributed by atoms with Gasteiger partial charge in [-0.3, -0.25) is 4.79 Å². The van der Waals surface area contributed by atoms with Gasteiger partial charge in [-0.1, -0.05) is 19.9 Å². The molecule has 0 radical (unpaired) electrons. The summed E-state index contributed by atoms with van der Waals surface area (Å²) in [6.45, 7) is 4.72. The van der Waals surface area contributed by atoms with Gasteiger partial charge < -0.3 is 23.4 Å². The first-order valence-electron chi connectivity index (χ1n) is 9.67. The Morgan fingerprint density at radius 3 is 2.60 bits per heavy atom. The van der Waals surface area contributed by atoms with Crippen molar-refractivity contribution in [3.05, 3.63) is 52.4 Å². The minimum Gasteiger partial charge on any atom is -0.486 e. The van der Waals surface area contributed by atoms with E-state index in [4.69, 9.17) is 18.6 Å². The number of hydrogen-bond donors (Lipinski definition) is 0. The molecule has 0 atom stereocenters. The minimum atomic E-state index is -0.486. The fourth-order valence-corrected chi connectivity index (χ4v) is 3.36. The highest BCUT2D eigenvalue weighted by molar-refractivity contribution is 5.84. The predicted octanol–water partition coefficient (Wildman–Crippen LogP) is 3.91. The Morgan fingerprint density at radius 1 is 1.10 bits per heavy atom. The van der Waals surface area contributed by atoms with E-state index in [0.717, 1.165) is 5.56 Å². The number of hydrogen-bond acceptors (Lipinski definition) is 7. The van der Waals surface area contributed by atoms with Crippen LogP contribution in [-0.4, -0.2) is 32.9 Å². The van der Waals surface area contributed by atoms with Crippen molar-refractivity contribution in [2.45, 2.75) is 19.8 Å². The Hall–Kier alpha value is -3.48. The number of fused-ring (bicyclic) bond motifs is 2. The summed E-state index contributed by atoms with van der Waals surface area (Å²) in [7, 11) is 1.30. The Bertz CT molecular complexity index is 1160. The van der Waals surface area contributed by atoms with Crippen molar-refractivity contribution in [3.8, 4) is 28.4 Å². The van der Waals surface area contributed by atoms with E-state index in [1.807, 2.05) is 19.9 Å². The summed E-state index contributed by atoms with van der Waals surface area (Å²) in [4.78, 5) is 24.7. The van der Waals surface area contributed by atoms with E-state index >= 15 is 0 Å². The largest absolute Gasteiger partial charge is 0.486 e. The van der Waals surface area contributed by atoms with Gasteiger partial charge in [0, 0.05) is 6.07 Å². The Kier molecular flexibility index (Phi) is 5.35. The summed E-state index contributed by atoms with van der Waals surface area (Å²) >= 11 is 0. The number of benzene rings is 2. The molecule has 1 aliphatic rings. The third-order valence-corrected chi connectivity index (χ3v) is 4.95.